The number of aromatic nitrogens is 4. The van der Waals surface area contributed by atoms with Crippen molar-refractivity contribution in [3.05, 3.63) is 72.1 Å². The van der Waals surface area contributed by atoms with E-state index in [0.717, 1.165) is 12.1 Å². The van der Waals surface area contributed by atoms with E-state index in [2.05, 4.69) is 15.1 Å². The predicted octanol–water partition coefficient (Wildman–Crippen LogP) is 4.71. The number of rotatable bonds is 4. The molecule has 0 unspecified atom stereocenters. The molecule has 5 nitrogen and oxygen atoms in total. The first-order valence-electron chi connectivity index (χ1n) is 8.54. The average molecular weight is 402 g/mol. The van der Waals surface area contributed by atoms with Crippen LogP contribution in [0.25, 0.3) is 22.2 Å². The highest BCUT2D eigenvalue weighted by Gasteiger charge is 2.32. The molecule has 4 rings (SSSR count). The zero-order valence-corrected chi connectivity index (χ0v) is 15.1. The van der Waals surface area contributed by atoms with E-state index in [9.17, 15) is 17.6 Å². The maximum absolute atomic E-state index is 14.5. The molecular weight excluding hydrogens is 388 g/mol. The van der Waals surface area contributed by atoms with Gasteiger partial charge in [0.1, 0.15) is 22.8 Å². The standard InChI is InChI=1S/C20H14F4N4O/c1-29-17-4-2-3-14-18(15-9-12(20(22,23)24)5-6-16(15)21)27-28(19(14)17)11-13-10-25-7-8-26-13/h2-10H,11H2,1H3. The number of halogens is 4. The van der Waals surface area contributed by atoms with Gasteiger partial charge in [-0.15, -0.1) is 0 Å². The van der Waals surface area contributed by atoms with Gasteiger partial charge >= 0.3 is 6.18 Å². The van der Waals surface area contributed by atoms with Gasteiger partial charge in [0.15, 0.2) is 0 Å². The fourth-order valence-electron chi connectivity index (χ4n) is 3.13. The van der Waals surface area contributed by atoms with E-state index in [-0.39, 0.29) is 17.8 Å². The fourth-order valence-corrected chi connectivity index (χ4v) is 3.13. The zero-order valence-electron chi connectivity index (χ0n) is 15.1. The minimum absolute atomic E-state index is 0.0893. The Hall–Kier alpha value is -3.49. The summed E-state index contributed by atoms with van der Waals surface area (Å²) in [6.45, 7) is 0.186. The highest BCUT2D eigenvalue weighted by Crippen LogP contribution is 2.38. The fraction of sp³-hybridized carbons (Fsp3) is 0.150. The largest absolute Gasteiger partial charge is 0.494 e. The molecular formula is C20H14F4N4O. The highest BCUT2D eigenvalue weighted by molar-refractivity contribution is 5.97. The molecule has 4 aromatic rings. The van der Waals surface area contributed by atoms with Gasteiger partial charge in [0.25, 0.3) is 0 Å². The second kappa shape index (κ2) is 7.16. The molecule has 0 atom stereocenters. The first-order chi connectivity index (χ1) is 13.9. The molecule has 0 amide bonds. The third kappa shape index (κ3) is 3.51. The SMILES string of the molecule is COc1cccc2c(-c3cc(C(F)(F)F)ccc3F)nn(Cc3cnccn3)c12. The molecule has 148 valence electrons. The van der Waals surface area contributed by atoms with Crippen LogP contribution in [0.5, 0.6) is 5.75 Å². The monoisotopic (exact) mass is 402 g/mol. The van der Waals surface area contributed by atoms with Crippen molar-refractivity contribution in [3.63, 3.8) is 0 Å². The average Bonchev–Trinajstić information content (AvgIpc) is 3.06. The van der Waals surface area contributed by atoms with Crippen LogP contribution >= 0.6 is 0 Å². The molecule has 0 bridgehead atoms. The molecule has 0 aliphatic heterocycles. The van der Waals surface area contributed by atoms with Gasteiger partial charge in [0, 0.05) is 23.3 Å². The maximum Gasteiger partial charge on any atom is 0.416 e. The van der Waals surface area contributed by atoms with E-state index in [0.29, 0.717) is 28.4 Å². The number of ether oxygens (including phenoxy) is 1. The quantitative estimate of drug-likeness (QED) is 0.464. The van der Waals surface area contributed by atoms with Gasteiger partial charge in [-0.25, -0.2) is 4.39 Å². The van der Waals surface area contributed by atoms with Crippen LogP contribution in [-0.2, 0) is 12.7 Å². The number of hydrogen-bond acceptors (Lipinski definition) is 4. The molecule has 0 N–H and O–H groups in total. The van der Waals surface area contributed by atoms with Crippen molar-refractivity contribution in [3.8, 4) is 17.0 Å². The molecule has 2 heterocycles. The summed E-state index contributed by atoms with van der Waals surface area (Å²) in [6, 6.07) is 7.30. The van der Waals surface area contributed by atoms with E-state index in [4.69, 9.17) is 4.74 Å². The number of nitrogens with zero attached hydrogens (tertiary/aromatic N) is 4. The number of benzene rings is 2. The minimum atomic E-state index is -4.60. The van der Waals surface area contributed by atoms with Gasteiger partial charge in [-0.1, -0.05) is 12.1 Å². The van der Waals surface area contributed by atoms with E-state index >= 15 is 0 Å². The third-order valence-corrected chi connectivity index (χ3v) is 4.43. The number of fused-ring (bicyclic) bond motifs is 1. The molecule has 29 heavy (non-hydrogen) atoms. The molecule has 0 saturated heterocycles. The summed E-state index contributed by atoms with van der Waals surface area (Å²) in [6.07, 6.45) is -0.00798. The van der Waals surface area contributed by atoms with E-state index in [1.807, 2.05) is 0 Å². The topological polar surface area (TPSA) is 52.8 Å². The molecule has 0 aliphatic carbocycles. The molecule has 0 spiro atoms. The summed E-state index contributed by atoms with van der Waals surface area (Å²) >= 11 is 0. The van der Waals surface area contributed by atoms with Crippen molar-refractivity contribution >= 4 is 10.9 Å². The van der Waals surface area contributed by atoms with Gasteiger partial charge in [-0.2, -0.15) is 18.3 Å². The van der Waals surface area contributed by atoms with Crippen LogP contribution in [0, 0.1) is 5.82 Å². The minimum Gasteiger partial charge on any atom is -0.494 e. The van der Waals surface area contributed by atoms with Crippen molar-refractivity contribution in [1.29, 1.82) is 0 Å². The lowest BCUT2D eigenvalue weighted by Crippen LogP contribution is -2.06. The summed E-state index contributed by atoms with van der Waals surface area (Å²) in [5.41, 5.74) is 0.00196. The van der Waals surface area contributed by atoms with Crippen LogP contribution in [0.3, 0.4) is 0 Å². The van der Waals surface area contributed by atoms with Gasteiger partial charge in [-0.3, -0.25) is 14.6 Å². The van der Waals surface area contributed by atoms with Crippen LogP contribution in [0.15, 0.2) is 55.0 Å². The maximum atomic E-state index is 14.5. The number of alkyl halides is 3. The number of hydrogen-bond donors (Lipinski definition) is 0. The second-order valence-electron chi connectivity index (χ2n) is 6.25. The van der Waals surface area contributed by atoms with Crippen LogP contribution in [0.2, 0.25) is 0 Å². The Labute approximate surface area is 162 Å². The highest BCUT2D eigenvalue weighted by atomic mass is 19.4. The first kappa shape index (κ1) is 18.9. The van der Waals surface area contributed by atoms with Crippen molar-refractivity contribution in [1.82, 2.24) is 19.7 Å². The Morgan fingerprint density at radius 3 is 2.62 bits per heavy atom. The normalized spacial score (nSPS) is 11.8. The number of methoxy groups -OCH3 is 1. The lowest BCUT2D eigenvalue weighted by Gasteiger charge is -2.09. The zero-order chi connectivity index (χ0) is 20.6. The molecule has 0 aliphatic rings. The second-order valence-corrected chi connectivity index (χ2v) is 6.25. The van der Waals surface area contributed by atoms with Gasteiger partial charge < -0.3 is 4.74 Å². The molecule has 0 radical (unpaired) electrons. The van der Waals surface area contributed by atoms with Crippen LogP contribution in [0.4, 0.5) is 17.6 Å². The van der Waals surface area contributed by atoms with Gasteiger partial charge in [0.2, 0.25) is 0 Å². The lowest BCUT2D eigenvalue weighted by molar-refractivity contribution is -0.137. The summed E-state index contributed by atoms with van der Waals surface area (Å²) in [7, 11) is 1.47. The van der Waals surface area contributed by atoms with E-state index in [1.165, 1.54) is 24.2 Å². The third-order valence-electron chi connectivity index (χ3n) is 4.43. The number of para-hydroxylation sites is 1. The first-order valence-corrected chi connectivity index (χ1v) is 8.54. The molecule has 9 heteroatoms. The lowest BCUT2D eigenvalue weighted by atomic mass is 10.0. The molecule has 2 aromatic heterocycles. The Balaban J connectivity index is 1.95. The van der Waals surface area contributed by atoms with Crippen molar-refractivity contribution in [2.24, 2.45) is 0 Å². The summed E-state index contributed by atoms with van der Waals surface area (Å²) in [5, 5.41) is 4.87. The van der Waals surface area contributed by atoms with Gasteiger partial charge in [0.05, 0.1) is 31.1 Å². The predicted molar refractivity (Wildman–Crippen MR) is 97.8 cm³/mol. The van der Waals surface area contributed by atoms with Crippen molar-refractivity contribution in [2.75, 3.05) is 7.11 Å². The van der Waals surface area contributed by atoms with E-state index < -0.39 is 17.6 Å². The van der Waals surface area contributed by atoms with Crippen LogP contribution in [0.1, 0.15) is 11.3 Å². The summed E-state index contributed by atoms with van der Waals surface area (Å²) in [5.74, 6) is -0.343. The van der Waals surface area contributed by atoms with Crippen molar-refractivity contribution < 1.29 is 22.3 Å². The Morgan fingerprint density at radius 2 is 1.93 bits per heavy atom. The smallest absolute Gasteiger partial charge is 0.416 e. The summed E-state index contributed by atoms with van der Waals surface area (Å²) in [4.78, 5) is 8.20. The van der Waals surface area contributed by atoms with E-state index in [1.54, 1.807) is 24.4 Å². The molecule has 0 fully saturated rings. The molecule has 2 aromatic carbocycles. The van der Waals surface area contributed by atoms with Crippen molar-refractivity contribution in [2.45, 2.75) is 12.7 Å². The molecule has 0 saturated carbocycles. The Kier molecular flexibility index (Phi) is 4.65. The van der Waals surface area contributed by atoms with Crippen LogP contribution in [-0.4, -0.2) is 26.9 Å². The Morgan fingerprint density at radius 1 is 1.10 bits per heavy atom. The summed E-state index contributed by atoms with van der Waals surface area (Å²) < 4.78 is 60.9. The van der Waals surface area contributed by atoms with Crippen LogP contribution < -0.4 is 4.74 Å². The Bertz CT molecular complexity index is 1170. The van der Waals surface area contributed by atoms with Gasteiger partial charge in [-0.05, 0) is 24.3 Å².